The van der Waals surface area contributed by atoms with Crippen molar-refractivity contribution in [2.24, 2.45) is 0 Å². The van der Waals surface area contributed by atoms with E-state index >= 15 is 0 Å². The van der Waals surface area contributed by atoms with Gasteiger partial charge < -0.3 is 9.63 Å². The Hall–Kier alpha value is -1.34. The molecule has 2 heterocycles. The van der Waals surface area contributed by atoms with E-state index in [-0.39, 0.29) is 6.42 Å². The van der Waals surface area contributed by atoms with Gasteiger partial charge in [0, 0.05) is 16.7 Å². The smallest absolute Gasteiger partial charge is 0.308 e. The molecule has 5 nitrogen and oxygen atoms in total. The van der Waals surface area contributed by atoms with Crippen LogP contribution in [0.3, 0.4) is 0 Å². The van der Waals surface area contributed by atoms with Crippen molar-refractivity contribution in [3.63, 3.8) is 0 Å². The number of thioether (sulfide) groups is 1. The summed E-state index contributed by atoms with van der Waals surface area (Å²) in [4.78, 5) is 15.8. The number of thiazole rings is 1. The molecule has 0 bridgehead atoms. The van der Waals surface area contributed by atoms with Crippen LogP contribution in [0.2, 0.25) is 0 Å². The number of hydrogen-bond donors (Lipinski definition) is 1. The summed E-state index contributed by atoms with van der Waals surface area (Å²) >= 11 is 2.97. The molecule has 0 aliphatic heterocycles. The van der Waals surface area contributed by atoms with E-state index in [2.05, 4.69) is 10.1 Å². The average Bonchev–Trinajstić information content (AvgIpc) is 2.83. The molecular formula is C11H12N2O3S2. The lowest BCUT2D eigenvalue weighted by atomic mass is 10.3. The van der Waals surface area contributed by atoms with Crippen LogP contribution in [0.15, 0.2) is 14.9 Å². The summed E-state index contributed by atoms with van der Waals surface area (Å²) in [5.41, 5.74) is 1.66. The number of nitrogens with zero attached hydrogens (tertiary/aromatic N) is 2. The number of rotatable bonds is 5. The van der Waals surface area contributed by atoms with Gasteiger partial charge in [0.15, 0.2) is 4.34 Å². The Bertz CT molecular complexity index is 562. The summed E-state index contributed by atoms with van der Waals surface area (Å²) in [6, 6.07) is 1.88. The summed E-state index contributed by atoms with van der Waals surface area (Å²) in [5, 5.41) is 12.7. The predicted octanol–water partition coefficient (Wildman–Crippen LogP) is 2.67. The van der Waals surface area contributed by atoms with Gasteiger partial charge in [0.2, 0.25) is 0 Å². The third kappa shape index (κ3) is 3.33. The van der Waals surface area contributed by atoms with Crippen LogP contribution in [0.5, 0.6) is 0 Å². The molecule has 2 aromatic rings. The van der Waals surface area contributed by atoms with E-state index in [1.807, 2.05) is 19.9 Å². The first-order chi connectivity index (χ1) is 8.54. The normalized spacial score (nSPS) is 10.8. The highest BCUT2D eigenvalue weighted by atomic mass is 32.2. The first-order valence-corrected chi connectivity index (χ1v) is 7.08. The first kappa shape index (κ1) is 13.1. The van der Waals surface area contributed by atoms with Gasteiger partial charge in [-0.2, -0.15) is 0 Å². The number of aromatic nitrogens is 2. The zero-order valence-electron chi connectivity index (χ0n) is 9.97. The zero-order valence-corrected chi connectivity index (χ0v) is 11.6. The van der Waals surface area contributed by atoms with Gasteiger partial charge in [-0.25, -0.2) is 4.98 Å². The molecule has 0 saturated carbocycles. The van der Waals surface area contributed by atoms with E-state index in [4.69, 9.17) is 9.63 Å². The lowest BCUT2D eigenvalue weighted by Crippen LogP contribution is -1.99. The Kier molecular flexibility index (Phi) is 4.03. The van der Waals surface area contributed by atoms with E-state index in [1.165, 1.54) is 11.3 Å². The molecule has 0 saturated heterocycles. The van der Waals surface area contributed by atoms with Gasteiger partial charge in [0.05, 0.1) is 17.8 Å². The fourth-order valence-corrected chi connectivity index (χ4v) is 3.49. The molecule has 0 radical (unpaired) electrons. The van der Waals surface area contributed by atoms with Crippen molar-refractivity contribution in [2.45, 2.75) is 30.4 Å². The maximum Gasteiger partial charge on any atom is 0.308 e. The molecule has 96 valence electrons. The van der Waals surface area contributed by atoms with Gasteiger partial charge in [-0.05, 0) is 13.8 Å². The van der Waals surface area contributed by atoms with Crippen LogP contribution in [0.4, 0.5) is 0 Å². The molecule has 7 heteroatoms. The minimum Gasteiger partial charge on any atom is -0.481 e. The second-order valence-corrected chi connectivity index (χ2v) is 6.08. The van der Waals surface area contributed by atoms with Crippen LogP contribution in [-0.4, -0.2) is 21.2 Å². The van der Waals surface area contributed by atoms with Gasteiger partial charge in [0.25, 0.3) is 0 Å². The third-order valence-corrected chi connectivity index (χ3v) is 4.54. The maximum atomic E-state index is 10.7. The second kappa shape index (κ2) is 5.53. The van der Waals surface area contributed by atoms with E-state index in [0.717, 1.165) is 26.4 Å². The van der Waals surface area contributed by atoms with Crippen LogP contribution in [0, 0.1) is 13.8 Å². The summed E-state index contributed by atoms with van der Waals surface area (Å²) in [5.74, 6) is 0.634. The van der Waals surface area contributed by atoms with Crippen LogP contribution in [-0.2, 0) is 17.0 Å². The van der Waals surface area contributed by atoms with Crippen molar-refractivity contribution < 1.29 is 14.4 Å². The molecule has 0 amide bonds. The van der Waals surface area contributed by atoms with Crippen molar-refractivity contribution in [1.82, 2.24) is 10.1 Å². The molecule has 18 heavy (non-hydrogen) atoms. The fraction of sp³-hybridized carbons (Fsp3) is 0.364. The Labute approximate surface area is 112 Å². The van der Waals surface area contributed by atoms with Gasteiger partial charge in [0.1, 0.15) is 5.76 Å². The fourth-order valence-electron chi connectivity index (χ4n) is 1.39. The minimum atomic E-state index is -0.828. The van der Waals surface area contributed by atoms with E-state index in [9.17, 15) is 4.79 Å². The third-order valence-electron chi connectivity index (χ3n) is 2.21. The molecule has 0 fully saturated rings. The van der Waals surface area contributed by atoms with Crippen molar-refractivity contribution in [3.05, 3.63) is 28.1 Å². The molecule has 2 rings (SSSR count). The first-order valence-electron chi connectivity index (χ1n) is 5.27. The number of aliphatic carboxylic acids is 1. The Balaban J connectivity index is 1.99. The van der Waals surface area contributed by atoms with Crippen molar-refractivity contribution >= 4 is 29.1 Å². The number of carbonyl (C=O) groups is 1. The molecule has 2 aromatic heterocycles. The van der Waals surface area contributed by atoms with Gasteiger partial charge in [-0.1, -0.05) is 16.9 Å². The highest BCUT2D eigenvalue weighted by Gasteiger charge is 2.12. The largest absolute Gasteiger partial charge is 0.481 e. The SMILES string of the molecule is Cc1cc(CSc2nc(C)c(CC(=O)O)s2)no1. The van der Waals surface area contributed by atoms with Crippen LogP contribution >= 0.6 is 23.1 Å². The Morgan fingerprint density at radius 1 is 1.56 bits per heavy atom. The summed E-state index contributed by atoms with van der Waals surface area (Å²) in [7, 11) is 0. The molecular weight excluding hydrogens is 272 g/mol. The number of hydrogen-bond acceptors (Lipinski definition) is 6. The summed E-state index contributed by atoms with van der Waals surface area (Å²) < 4.78 is 5.84. The van der Waals surface area contributed by atoms with E-state index in [1.54, 1.807) is 11.8 Å². The predicted molar refractivity (Wildman–Crippen MR) is 69.0 cm³/mol. The van der Waals surface area contributed by atoms with Crippen LogP contribution in [0.1, 0.15) is 22.0 Å². The zero-order chi connectivity index (χ0) is 13.1. The Morgan fingerprint density at radius 3 is 2.94 bits per heavy atom. The van der Waals surface area contributed by atoms with Crippen LogP contribution in [0.25, 0.3) is 0 Å². The quantitative estimate of drug-likeness (QED) is 0.851. The number of aryl methyl sites for hydroxylation is 2. The molecule has 0 aliphatic carbocycles. The summed E-state index contributed by atoms with van der Waals surface area (Å²) in [6.07, 6.45) is 0.0348. The van der Waals surface area contributed by atoms with E-state index in [0.29, 0.717) is 5.75 Å². The van der Waals surface area contributed by atoms with Gasteiger partial charge >= 0.3 is 5.97 Å². The minimum absolute atomic E-state index is 0.0348. The van der Waals surface area contributed by atoms with Crippen molar-refractivity contribution in [1.29, 1.82) is 0 Å². The van der Waals surface area contributed by atoms with Gasteiger partial charge in [-0.3, -0.25) is 4.79 Å². The van der Waals surface area contributed by atoms with Crippen molar-refractivity contribution in [2.75, 3.05) is 0 Å². The Morgan fingerprint density at radius 2 is 2.33 bits per heavy atom. The standard InChI is InChI=1S/C11H12N2O3S2/c1-6-3-8(13-16-6)5-17-11-12-7(2)9(18-11)4-10(14)15/h3H,4-5H2,1-2H3,(H,14,15). The topological polar surface area (TPSA) is 76.2 Å². The lowest BCUT2D eigenvalue weighted by molar-refractivity contribution is -0.136. The maximum absolute atomic E-state index is 10.7. The molecule has 1 N–H and O–H groups in total. The molecule has 0 spiro atoms. The second-order valence-electron chi connectivity index (χ2n) is 3.78. The highest BCUT2D eigenvalue weighted by Crippen LogP contribution is 2.29. The van der Waals surface area contributed by atoms with E-state index < -0.39 is 5.97 Å². The highest BCUT2D eigenvalue weighted by molar-refractivity contribution is 8.00. The number of carboxylic acid groups (broad SMARTS) is 1. The monoisotopic (exact) mass is 284 g/mol. The molecule has 0 atom stereocenters. The summed E-state index contributed by atoms with van der Waals surface area (Å²) in [6.45, 7) is 3.68. The molecule has 0 aromatic carbocycles. The average molecular weight is 284 g/mol. The van der Waals surface area contributed by atoms with Crippen LogP contribution < -0.4 is 0 Å². The molecule has 0 aliphatic rings. The number of carboxylic acids is 1. The lowest BCUT2D eigenvalue weighted by Gasteiger charge is -1.91. The van der Waals surface area contributed by atoms with Gasteiger partial charge in [-0.15, -0.1) is 11.3 Å². The van der Waals surface area contributed by atoms with Crippen molar-refractivity contribution in [3.8, 4) is 0 Å². The molecule has 0 unspecified atom stereocenters.